The second-order valence-corrected chi connectivity index (χ2v) is 5.98. The van der Waals surface area contributed by atoms with Gasteiger partial charge in [0.25, 0.3) is 0 Å². The van der Waals surface area contributed by atoms with Crippen molar-refractivity contribution in [2.24, 2.45) is 7.05 Å². The Labute approximate surface area is 124 Å². The van der Waals surface area contributed by atoms with Gasteiger partial charge in [0.2, 0.25) is 0 Å². The van der Waals surface area contributed by atoms with Gasteiger partial charge in [-0.3, -0.25) is 9.58 Å². The molecule has 0 saturated carbocycles. The minimum absolute atomic E-state index is 0.249. The molecule has 2 aromatic rings. The molecule has 4 heterocycles. The molecule has 0 aromatic carbocycles. The van der Waals surface area contributed by atoms with Crippen molar-refractivity contribution in [3.63, 3.8) is 0 Å². The van der Waals surface area contributed by atoms with Gasteiger partial charge in [-0.05, 0) is 18.9 Å². The van der Waals surface area contributed by atoms with Crippen molar-refractivity contribution < 1.29 is 4.74 Å². The average molecular weight is 287 g/mol. The van der Waals surface area contributed by atoms with Gasteiger partial charge in [-0.15, -0.1) is 0 Å². The number of fused-ring (bicyclic) bond motifs is 1. The van der Waals surface area contributed by atoms with Crippen LogP contribution in [0.2, 0.25) is 0 Å². The van der Waals surface area contributed by atoms with Crippen LogP contribution >= 0.6 is 0 Å². The maximum Gasteiger partial charge on any atom is 0.122 e. The quantitative estimate of drug-likeness (QED) is 0.851. The average Bonchev–Trinajstić information content (AvgIpc) is 3.21. The number of imidazole rings is 1. The molecule has 4 rings (SSSR count). The van der Waals surface area contributed by atoms with Gasteiger partial charge in [0.15, 0.2) is 0 Å². The molecule has 0 spiro atoms. The Bertz CT molecular complexity index is 593. The van der Waals surface area contributed by atoms with Crippen LogP contribution in [-0.2, 0) is 18.3 Å². The Balaban J connectivity index is 1.58. The third kappa shape index (κ3) is 2.28. The summed E-state index contributed by atoms with van der Waals surface area (Å²) >= 11 is 0. The molecule has 0 bridgehead atoms. The summed E-state index contributed by atoms with van der Waals surface area (Å²) < 4.78 is 10.2. The van der Waals surface area contributed by atoms with Crippen LogP contribution in [-0.4, -0.2) is 49.5 Å². The van der Waals surface area contributed by atoms with E-state index in [-0.39, 0.29) is 6.10 Å². The van der Waals surface area contributed by atoms with Crippen LogP contribution in [0.4, 0.5) is 0 Å². The first-order chi connectivity index (χ1) is 10.3. The summed E-state index contributed by atoms with van der Waals surface area (Å²) in [4.78, 5) is 6.98. The molecule has 112 valence electrons. The van der Waals surface area contributed by atoms with E-state index in [0.717, 1.165) is 31.9 Å². The monoisotopic (exact) mass is 287 g/mol. The molecular weight excluding hydrogens is 266 g/mol. The molecule has 0 unspecified atom stereocenters. The van der Waals surface area contributed by atoms with Crippen molar-refractivity contribution in [3.8, 4) is 0 Å². The third-order valence-corrected chi connectivity index (χ3v) is 4.73. The number of aryl methyl sites for hydroxylation is 1. The lowest BCUT2D eigenvalue weighted by Crippen LogP contribution is -2.40. The SMILES string of the molecule is Cn1ccnc1CN1C[C@H](n2cccn2)[C@@H]2OCCC[C@@H]21. The normalized spacial score (nSPS) is 29.7. The molecule has 2 aliphatic rings. The maximum atomic E-state index is 6.09. The van der Waals surface area contributed by atoms with Gasteiger partial charge < -0.3 is 9.30 Å². The maximum absolute atomic E-state index is 6.09. The highest BCUT2D eigenvalue weighted by molar-refractivity contribution is 5.02. The van der Waals surface area contributed by atoms with Gasteiger partial charge in [0.1, 0.15) is 5.82 Å². The molecule has 3 atom stereocenters. The molecule has 0 N–H and O–H groups in total. The summed E-state index contributed by atoms with van der Waals surface area (Å²) in [5, 5.41) is 4.43. The molecule has 6 heteroatoms. The summed E-state index contributed by atoms with van der Waals surface area (Å²) in [5.41, 5.74) is 0. The largest absolute Gasteiger partial charge is 0.374 e. The highest BCUT2D eigenvalue weighted by Crippen LogP contribution is 2.35. The highest BCUT2D eigenvalue weighted by atomic mass is 16.5. The first-order valence-corrected chi connectivity index (χ1v) is 7.64. The first-order valence-electron chi connectivity index (χ1n) is 7.64. The summed E-state index contributed by atoms with van der Waals surface area (Å²) in [6.07, 6.45) is 10.4. The summed E-state index contributed by atoms with van der Waals surface area (Å²) in [6, 6.07) is 2.77. The Hall–Kier alpha value is -1.66. The number of ether oxygens (including phenoxy) is 1. The summed E-state index contributed by atoms with van der Waals surface area (Å²) in [6.45, 7) is 2.73. The van der Waals surface area contributed by atoms with Crippen molar-refractivity contribution >= 4 is 0 Å². The van der Waals surface area contributed by atoms with Crippen LogP contribution in [0.15, 0.2) is 30.9 Å². The fourth-order valence-corrected chi connectivity index (χ4v) is 3.65. The molecule has 2 saturated heterocycles. The summed E-state index contributed by atoms with van der Waals surface area (Å²) in [5.74, 6) is 1.11. The number of hydrogen-bond acceptors (Lipinski definition) is 4. The van der Waals surface area contributed by atoms with Crippen LogP contribution < -0.4 is 0 Å². The number of hydrogen-bond donors (Lipinski definition) is 0. The summed E-state index contributed by atoms with van der Waals surface area (Å²) in [7, 11) is 2.05. The lowest BCUT2D eigenvalue weighted by Gasteiger charge is -2.32. The van der Waals surface area contributed by atoms with Gasteiger partial charge in [-0.1, -0.05) is 0 Å². The number of rotatable bonds is 3. The van der Waals surface area contributed by atoms with E-state index in [1.54, 1.807) is 0 Å². The number of likely N-dealkylation sites (tertiary alicyclic amines) is 1. The molecule has 2 fully saturated rings. The smallest absolute Gasteiger partial charge is 0.122 e. The predicted octanol–water partition coefficient (Wildman–Crippen LogP) is 1.22. The van der Waals surface area contributed by atoms with Crippen LogP contribution in [0.25, 0.3) is 0 Å². The third-order valence-electron chi connectivity index (χ3n) is 4.73. The Morgan fingerprint density at radius 1 is 1.29 bits per heavy atom. The van der Waals surface area contributed by atoms with Crippen molar-refractivity contribution in [2.45, 2.75) is 37.6 Å². The zero-order valence-electron chi connectivity index (χ0n) is 12.3. The molecule has 0 radical (unpaired) electrons. The molecule has 6 nitrogen and oxygen atoms in total. The topological polar surface area (TPSA) is 48.1 Å². The minimum atomic E-state index is 0.249. The zero-order chi connectivity index (χ0) is 14.2. The standard InChI is InChI=1S/C15H21N5O/c1-18-8-6-16-14(18)11-19-10-13(20-7-3-5-17-20)15-12(19)4-2-9-21-15/h3,5-8,12-13,15H,2,4,9-11H2,1H3/t12-,13-,15+/m0/s1. The van der Waals surface area contributed by atoms with E-state index < -0.39 is 0 Å². The lowest BCUT2D eigenvalue weighted by molar-refractivity contribution is -0.0285. The highest BCUT2D eigenvalue weighted by Gasteiger charge is 2.45. The van der Waals surface area contributed by atoms with Gasteiger partial charge in [0, 0.05) is 51.0 Å². The van der Waals surface area contributed by atoms with Crippen LogP contribution in [0.3, 0.4) is 0 Å². The van der Waals surface area contributed by atoms with Crippen molar-refractivity contribution in [1.82, 2.24) is 24.2 Å². The van der Waals surface area contributed by atoms with E-state index in [9.17, 15) is 0 Å². The van der Waals surface area contributed by atoms with Crippen LogP contribution in [0.1, 0.15) is 24.7 Å². The fraction of sp³-hybridized carbons (Fsp3) is 0.600. The van der Waals surface area contributed by atoms with Crippen molar-refractivity contribution in [3.05, 3.63) is 36.7 Å². The Morgan fingerprint density at radius 3 is 3.00 bits per heavy atom. The van der Waals surface area contributed by atoms with E-state index in [1.807, 2.05) is 30.9 Å². The first kappa shape index (κ1) is 13.0. The number of nitrogens with zero attached hydrogens (tertiary/aromatic N) is 5. The van der Waals surface area contributed by atoms with Crippen LogP contribution in [0.5, 0.6) is 0 Å². The second kappa shape index (κ2) is 5.27. The van der Waals surface area contributed by atoms with Gasteiger partial charge in [-0.2, -0.15) is 5.10 Å². The van der Waals surface area contributed by atoms with E-state index >= 15 is 0 Å². The van der Waals surface area contributed by atoms with E-state index in [4.69, 9.17) is 4.74 Å². The molecule has 0 amide bonds. The molecular formula is C15H21N5O. The Morgan fingerprint density at radius 2 is 2.24 bits per heavy atom. The molecule has 0 aliphatic carbocycles. The zero-order valence-corrected chi connectivity index (χ0v) is 12.3. The second-order valence-electron chi connectivity index (χ2n) is 5.98. The van der Waals surface area contributed by atoms with Gasteiger partial charge in [-0.25, -0.2) is 4.98 Å². The van der Waals surface area contributed by atoms with Crippen molar-refractivity contribution in [2.75, 3.05) is 13.2 Å². The number of aromatic nitrogens is 4. The van der Waals surface area contributed by atoms with Gasteiger partial charge >= 0.3 is 0 Å². The van der Waals surface area contributed by atoms with E-state index in [2.05, 4.69) is 31.3 Å². The predicted molar refractivity (Wildman–Crippen MR) is 77.6 cm³/mol. The minimum Gasteiger partial charge on any atom is -0.374 e. The lowest BCUT2D eigenvalue weighted by atomic mass is 10.0. The molecule has 2 aromatic heterocycles. The molecule has 21 heavy (non-hydrogen) atoms. The van der Waals surface area contributed by atoms with Crippen molar-refractivity contribution in [1.29, 1.82) is 0 Å². The Kier molecular flexibility index (Phi) is 3.27. The van der Waals surface area contributed by atoms with Gasteiger partial charge in [0.05, 0.1) is 18.7 Å². The van der Waals surface area contributed by atoms with E-state index in [0.29, 0.717) is 12.1 Å². The van der Waals surface area contributed by atoms with Crippen LogP contribution in [0, 0.1) is 0 Å². The fourth-order valence-electron chi connectivity index (χ4n) is 3.65. The van der Waals surface area contributed by atoms with E-state index in [1.165, 1.54) is 6.42 Å². The molecule has 2 aliphatic heterocycles.